The summed E-state index contributed by atoms with van der Waals surface area (Å²) in [5.41, 5.74) is 0.347. The van der Waals surface area contributed by atoms with E-state index in [0.717, 1.165) is 38.6 Å². The van der Waals surface area contributed by atoms with E-state index in [9.17, 15) is 9.59 Å². The molecule has 2 aliphatic rings. The van der Waals surface area contributed by atoms with E-state index < -0.39 is 0 Å². The number of aryl methyl sites for hydroxylation is 1. The molecule has 0 radical (unpaired) electrons. The predicted octanol–water partition coefficient (Wildman–Crippen LogP) is 1.99. The van der Waals surface area contributed by atoms with E-state index in [0.29, 0.717) is 24.2 Å². The lowest BCUT2D eigenvalue weighted by molar-refractivity contribution is -0.142. The van der Waals surface area contributed by atoms with Gasteiger partial charge in [-0.1, -0.05) is 11.6 Å². The maximum absolute atomic E-state index is 12.6. The van der Waals surface area contributed by atoms with Crippen molar-refractivity contribution in [3.8, 4) is 0 Å². The zero-order valence-electron chi connectivity index (χ0n) is 15.3. The Labute approximate surface area is 149 Å². The molecular weight excluding hydrogens is 318 g/mol. The molecule has 1 aliphatic heterocycles. The van der Waals surface area contributed by atoms with Crippen LogP contribution < -0.4 is 5.32 Å². The smallest absolute Gasteiger partial charge is 0.273 e. The number of nitrogens with zero attached hydrogens (tertiary/aromatic N) is 4. The molecule has 25 heavy (non-hydrogen) atoms. The van der Waals surface area contributed by atoms with Crippen molar-refractivity contribution in [1.82, 2.24) is 25.2 Å². The van der Waals surface area contributed by atoms with Crippen molar-refractivity contribution in [2.45, 2.75) is 77.4 Å². The lowest BCUT2D eigenvalue weighted by Gasteiger charge is -2.40. The van der Waals surface area contributed by atoms with Crippen LogP contribution in [0.4, 0.5) is 0 Å². The fraction of sp³-hybridized carbons (Fsp3) is 0.778. The second kappa shape index (κ2) is 7.97. The number of carbonyl (C=O) groups excluding carboxylic acids is 2. The number of piperidine rings is 1. The Hall–Kier alpha value is -1.92. The van der Waals surface area contributed by atoms with Crippen LogP contribution in [0.3, 0.4) is 0 Å². The van der Waals surface area contributed by atoms with Gasteiger partial charge in [0, 0.05) is 31.1 Å². The van der Waals surface area contributed by atoms with E-state index in [1.807, 2.05) is 13.8 Å². The molecule has 138 valence electrons. The molecule has 0 bridgehead atoms. The number of rotatable bonds is 6. The van der Waals surface area contributed by atoms with E-state index in [1.165, 1.54) is 12.8 Å². The van der Waals surface area contributed by atoms with E-state index in [4.69, 9.17) is 0 Å². The molecule has 7 nitrogen and oxygen atoms in total. The van der Waals surface area contributed by atoms with Crippen LogP contribution in [0, 0.1) is 5.92 Å². The van der Waals surface area contributed by atoms with Crippen LogP contribution in [-0.4, -0.2) is 50.3 Å². The summed E-state index contributed by atoms with van der Waals surface area (Å²) in [7, 11) is 0. The molecular formula is C18H29N5O2. The Morgan fingerprint density at radius 1 is 1.24 bits per heavy atom. The minimum Gasteiger partial charge on any atom is -0.348 e. The third kappa shape index (κ3) is 4.38. The standard InChI is InChI=1S/C18H29N5O2/c1-13(2)19-17(24)16-12-22(21-20-16)11-9-15-8-3-4-10-23(15)18(25)14-6-5-7-14/h12-15H,3-11H2,1-2H3,(H,19,24)/t15-/m1/s1. The highest BCUT2D eigenvalue weighted by molar-refractivity contribution is 5.91. The molecule has 0 aromatic carbocycles. The first-order valence-electron chi connectivity index (χ1n) is 9.56. The van der Waals surface area contributed by atoms with Crippen LogP contribution in [0.2, 0.25) is 0 Å². The van der Waals surface area contributed by atoms with Gasteiger partial charge in [0.25, 0.3) is 5.91 Å². The van der Waals surface area contributed by atoms with E-state index >= 15 is 0 Å². The Kier molecular flexibility index (Phi) is 5.71. The van der Waals surface area contributed by atoms with E-state index in [2.05, 4.69) is 20.5 Å². The number of carbonyl (C=O) groups is 2. The molecule has 0 spiro atoms. The number of aromatic nitrogens is 3. The summed E-state index contributed by atoms with van der Waals surface area (Å²) in [6, 6.07) is 0.366. The second-order valence-corrected chi connectivity index (χ2v) is 7.59. The largest absolute Gasteiger partial charge is 0.348 e. The van der Waals surface area contributed by atoms with Gasteiger partial charge in [-0.05, 0) is 52.4 Å². The average Bonchev–Trinajstić information content (AvgIpc) is 3.00. The molecule has 2 heterocycles. The summed E-state index contributed by atoms with van der Waals surface area (Å²) in [6.07, 6.45) is 9.21. The first kappa shape index (κ1) is 17.9. The molecule has 1 aliphatic carbocycles. The van der Waals surface area contributed by atoms with E-state index in [1.54, 1.807) is 10.9 Å². The lowest BCUT2D eigenvalue weighted by Crippen LogP contribution is -2.48. The van der Waals surface area contributed by atoms with Crippen LogP contribution in [0.5, 0.6) is 0 Å². The summed E-state index contributed by atoms with van der Waals surface area (Å²) in [6.45, 7) is 5.40. The van der Waals surface area contributed by atoms with Crippen LogP contribution >= 0.6 is 0 Å². The van der Waals surface area contributed by atoms with Gasteiger partial charge >= 0.3 is 0 Å². The van der Waals surface area contributed by atoms with Crippen LogP contribution in [0.1, 0.15) is 69.3 Å². The number of likely N-dealkylation sites (tertiary alicyclic amines) is 1. The predicted molar refractivity (Wildman–Crippen MR) is 93.9 cm³/mol. The summed E-state index contributed by atoms with van der Waals surface area (Å²) in [4.78, 5) is 26.7. The van der Waals surface area contributed by atoms with E-state index in [-0.39, 0.29) is 17.9 Å². The SMILES string of the molecule is CC(C)NC(=O)c1cn(CC[C@H]2CCCCN2C(=O)C2CCC2)nn1. The van der Waals surface area contributed by atoms with Crippen molar-refractivity contribution in [3.05, 3.63) is 11.9 Å². The van der Waals surface area contributed by atoms with Gasteiger partial charge in [-0.25, -0.2) is 0 Å². The molecule has 2 fully saturated rings. The highest BCUT2D eigenvalue weighted by atomic mass is 16.2. The monoisotopic (exact) mass is 347 g/mol. The Morgan fingerprint density at radius 2 is 2.04 bits per heavy atom. The minimum atomic E-state index is -0.194. The number of hydrogen-bond donors (Lipinski definition) is 1. The fourth-order valence-electron chi connectivity index (χ4n) is 3.61. The summed E-state index contributed by atoms with van der Waals surface area (Å²) < 4.78 is 1.72. The Balaban J connectivity index is 1.55. The summed E-state index contributed by atoms with van der Waals surface area (Å²) in [5.74, 6) is 0.422. The number of hydrogen-bond acceptors (Lipinski definition) is 4. The van der Waals surface area contributed by atoms with Gasteiger partial charge in [-0.2, -0.15) is 0 Å². The van der Waals surface area contributed by atoms with Crippen molar-refractivity contribution in [2.75, 3.05) is 6.54 Å². The third-order valence-electron chi connectivity index (χ3n) is 5.25. The number of nitrogens with one attached hydrogen (secondary N) is 1. The van der Waals surface area contributed by atoms with Gasteiger partial charge < -0.3 is 10.2 Å². The first-order chi connectivity index (χ1) is 12.0. The molecule has 0 unspecified atom stereocenters. The zero-order chi connectivity index (χ0) is 17.8. The van der Waals surface area contributed by atoms with Crippen LogP contribution in [-0.2, 0) is 11.3 Å². The van der Waals surface area contributed by atoms with Crippen molar-refractivity contribution in [3.63, 3.8) is 0 Å². The number of amides is 2. The summed E-state index contributed by atoms with van der Waals surface area (Å²) in [5, 5.41) is 10.8. The molecule has 3 rings (SSSR count). The maximum Gasteiger partial charge on any atom is 0.273 e. The van der Waals surface area contributed by atoms with Gasteiger partial charge in [-0.15, -0.1) is 5.10 Å². The van der Waals surface area contributed by atoms with Crippen LogP contribution in [0.15, 0.2) is 6.20 Å². The highest BCUT2D eigenvalue weighted by Crippen LogP contribution is 2.31. The zero-order valence-corrected chi connectivity index (χ0v) is 15.3. The van der Waals surface area contributed by atoms with Crippen molar-refractivity contribution in [1.29, 1.82) is 0 Å². The molecule has 1 aromatic rings. The lowest BCUT2D eigenvalue weighted by atomic mass is 9.83. The van der Waals surface area contributed by atoms with Gasteiger partial charge in [0.1, 0.15) is 0 Å². The van der Waals surface area contributed by atoms with Gasteiger partial charge in [-0.3, -0.25) is 14.3 Å². The van der Waals surface area contributed by atoms with Gasteiger partial charge in [0.05, 0.1) is 6.20 Å². The van der Waals surface area contributed by atoms with Gasteiger partial charge in [0.15, 0.2) is 5.69 Å². The Morgan fingerprint density at radius 3 is 2.72 bits per heavy atom. The van der Waals surface area contributed by atoms with Crippen LogP contribution in [0.25, 0.3) is 0 Å². The van der Waals surface area contributed by atoms with Crippen molar-refractivity contribution < 1.29 is 9.59 Å². The third-order valence-corrected chi connectivity index (χ3v) is 5.25. The fourth-order valence-corrected chi connectivity index (χ4v) is 3.61. The normalized spacial score (nSPS) is 21.2. The molecule has 7 heteroatoms. The topological polar surface area (TPSA) is 80.1 Å². The second-order valence-electron chi connectivity index (χ2n) is 7.59. The molecule has 1 aromatic heterocycles. The molecule has 1 N–H and O–H groups in total. The molecule has 1 saturated heterocycles. The minimum absolute atomic E-state index is 0.0750. The first-order valence-corrected chi connectivity index (χ1v) is 9.56. The highest BCUT2D eigenvalue weighted by Gasteiger charge is 2.34. The quantitative estimate of drug-likeness (QED) is 0.853. The molecule has 1 saturated carbocycles. The van der Waals surface area contributed by atoms with Gasteiger partial charge in [0.2, 0.25) is 5.91 Å². The Bertz CT molecular complexity index is 608. The molecule has 2 amide bonds. The van der Waals surface area contributed by atoms with Crippen molar-refractivity contribution >= 4 is 11.8 Å². The summed E-state index contributed by atoms with van der Waals surface area (Å²) >= 11 is 0. The van der Waals surface area contributed by atoms with Crippen molar-refractivity contribution in [2.24, 2.45) is 5.92 Å². The maximum atomic E-state index is 12.6. The molecule has 1 atom stereocenters. The average molecular weight is 347 g/mol.